The van der Waals surface area contributed by atoms with Gasteiger partial charge in [0, 0.05) is 12.6 Å². The first kappa shape index (κ1) is 10.4. The number of likely N-dealkylation sites (tertiary alicyclic amines) is 1. The number of rotatable bonds is 3. The molecule has 1 heterocycles. The molecule has 0 radical (unpaired) electrons. The van der Waals surface area contributed by atoms with Crippen LogP contribution in [0.25, 0.3) is 0 Å². The van der Waals surface area contributed by atoms with E-state index in [4.69, 9.17) is 0 Å². The zero-order valence-electron chi connectivity index (χ0n) is 9.63. The Morgan fingerprint density at radius 1 is 1.29 bits per heavy atom. The zero-order valence-corrected chi connectivity index (χ0v) is 9.63. The van der Waals surface area contributed by atoms with Gasteiger partial charge in [0.05, 0.1) is 0 Å². The molecule has 1 N–H and O–H groups in total. The van der Waals surface area contributed by atoms with E-state index in [1.807, 2.05) is 0 Å². The van der Waals surface area contributed by atoms with Crippen molar-refractivity contribution in [2.75, 3.05) is 26.7 Å². The lowest BCUT2D eigenvalue weighted by Gasteiger charge is -2.23. The lowest BCUT2D eigenvalue weighted by Crippen LogP contribution is -2.32. The van der Waals surface area contributed by atoms with Gasteiger partial charge in [-0.3, -0.25) is 0 Å². The standard InChI is InChI=1S/C12H24N2/c1-10-3-4-12(7-10)14-6-5-11(9-14)8-13-2/h10-13H,3-9H2,1-2H3. The highest BCUT2D eigenvalue weighted by Gasteiger charge is 2.31. The summed E-state index contributed by atoms with van der Waals surface area (Å²) in [5, 5.41) is 3.30. The maximum Gasteiger partial charge on any atom is 0.00980 e. The molecule has 1 aliphatic carbocycles. The van der Waals surface area contributed by atoms with Crippen molar-refractivity contribution in [3.8, 4) is 0 Å². The van der Waals surface area contributed by atoms with Crippen LogP contribution in [0.3, 0.4) is 0 Å². The monoisotopic (exact) mass is 196 g/mol. The summed E-state index contributed by atoms with van der Waals surface area (Å²) in [4.78, 5) is 2.74. The van der Waals surface area contributed by atoms with E-state index in [9.17, 15) is 0 Å². The molecule has 0 aromatic heterocycles. The highest BCUT2D eigenvalue weighted by molar-refractivity contribution is 4.86. The third-order valence-electron chi connectivity index (χ3n) is 3.99. The molecule has 0 aromatic rings. The van der Waals surface area contributed by atoms with E-state index in [1.54, 1.807) is 0 Å². The van der Waals surface area contributed by atoms with Crippen LogP contribution in [0.1, 0.15) is 32.6 Å². The van der Waals surface area contributed by atoms with E-state index in [0.29, 0.717) is 0 Å². The van der Waals surface area contributed by atoms with E-state index in [1.165, 1.54) is 45.3 Å². The highest BCUT2D eigenvalue weighted by atomic mass is 15.2. The summed E-state index contributed by atoms with van der Waals surface area (Å²) < 4.78 is 0. The van der Waals surface area contributed by atoms with Gasteiger partial charge < -0.3 is 10.2 Å². The molecular formula is C12H24N2. The van der Waals surface area contributed by atoms with Crippen molar-refractivity contribution in [2.45, 2.75) is 38.6 Å². The molecule has 1 saturated carbocycles. The lowest BCUT2D eigenvalue weighted by molar-refractivity contribution is 0.233. The van der Waals surface area contributed by atoms with Crippen molar-refractivity contribution in [3.05, 3.63) is 0 Å². The Morgan fingerprint density at radius 3 is 2.79 bits per heavy atom. The fraction of sp³-hybridized carbons (Fsp3) is 1.00. The van der Waals surface area contributed by atoms with Crippen LogP contribution in [0.5, 0.6) is 0 Å². The molecule has 1 aliphatic heterocycles. The minimum Gasteiger partial charge on any atom is -0.319 e. The predicted octanol–water partition coefficient (Wildman–Crippen LogP) is 1.72. The number of nitrogens with zero attached hydrogens (tertiary/aromatic N) is 1. The molecular weight excluding hydrogens is 172 g/mol. The van der Waals surface area contributed by atoms with Crippen molar-refractivity contribution in [3.63, 3.8) is 0 Å². The van der Waals surface area contributed by atoms with Crippen LogP contribution < -0.4 is 5.32 Å². The Morgan fingerprint density at radius 2 is 2.14 bits per heavy atom. The predicted molar refractivity (Wildman–Crippen MR) is 60.4 cm³/mol. The Bertz CT molecular complexity index is 181. The first-order valence-corrected chi connectivity index (χ1v) is 6.18. The quantitative estimate of drug-likeness (QED) is 0.739. The third kappa shape index (κ3) is 2.29. The molecule has 1 saturated heterocycles. The Hall–Kier alpha value is -0.0800. The van der Waals surface area contributed by atoms with Gasteiger partial charge in [-0.05, 0) is 57.7 Å². The summed E-state index contributed by atoms with van der Waals surface area (Å²) >= 11 is 0. The van der Waals surface area contributed by atoms with Gasteiger partial charge in [0.2, 0.25) is 0 Å². The van der Waals surface area contributed by atoms with Gasteiger partial charge in [-0.25, -0.2) is 0 Å². The van der Waals surface area contributed by atoms with E-state index in [0.717, 1.165) is 17.9 Å². The van der Waals surface area contributed by atoms with Crippen LogP contribution in [-0.2, 0) is 0 Å². The summed E-state index contributed by atoms with van der Waals surface area (Å²) in [6, 6.07) is 0.923. The minimum atomic E-state index is 0.913. The Balaban J connectivity index is 1.78. The number of nitrogens with one attached hydrogen (secondary N) is 1. The van der Waals surface area contributed by atoms with Crippen LogP contribution in [0.2, 0.25) is 0 Å². The molecule has 3 unspecified atom stereocenters. The molecule has 2 heteroatoms. The van der Waals surface area contributed by atoms with Gasteiger partial charge in [-0.2, -0.15) is 0 Å². The van der Waals surface area contributed by atoms with Crippen LogP contribution in [0, 0.1) is 11.8 Å². The molecule has 0 amide bonds. The molecule has 0 spiro atoms. The maximum absolute atomic E-state index is 3.30. The molecule has 2 nitrogen and oxygen atoms in total. The fourth-order valence-corrected chi connectivity index (χ4v) is 3.16. The van der Waals surface area contributed by atoms with Crippen LogP contribution in [-0.4, -0.2) is 37.6 Å². The maximum atomic E-state index is 3.30. The van der Waals surface area contributed by atoms with E-state index in [-0.39, 0.29) is 0 Å². The summed E-state index contributed by atoms with van der Waals surface area (Å²) in [5.41, 5.74) is 0. The van der Waals surface area contributed by atoms with Gasteiger partial charge in [0.1, 0.15) is 0 Å². The van der Waals surface area contributed by atoms with E-state index >= 15 is 0 Å². The average Bonchev–Trinajstić information content (AvgIpc) is 2.74. The number of hydrogen-bond donors (Lipinski definition) is 1. The Kier molecular flexibility index (Phi) is 3.45. The summed E-state index contributed by atoms with van der Waals surface area (Å²) in [6.07, 6.45) is 5.77. The molecule has 2 fully saturated rings. The first-order valence-electron chi connectivity index (χ1n) is 6.18. The Labute approximate surface area is 88.1 Å². The average molecular weight is 196 g/mol. The van der Waals surface area contributed by atoms with Crippen LogP contribution >= 0.6 is 0 Å². The van der Waals surface area contributed by atoms with Crippen molar-refractivity contribution in [2.24, 2.45) is 11.8 Å². The molecule has 3 atom stereocenters. The first-order chi connectivity index (χ1) is 6.79. The lowest BCUT2D eigenvalue weighted by atomic mass is 10.1. The second-order valence-corrected chi connectivity index (χ2v) is 5.28. The second kappa shape index (κ2) is 4.63. The SMILES string of the molecule is CNCC1CCN(C2CCC(C)C2)C1. The van der Waals surface area contributed by atoms with Crippen LogP contribution in [0.15, 0.2) is 0 Å². The van der Waals surface area contributed by atoms with Crippen LogP contribution in [0.4, 0.5) is 0 Å². The van der Waals surface area contributed by atoms with Crippen molar-refractivity contribution < 1.29 is 0 Å². The van der Waals surface area contributed by atoms with Gasteiger partial charge in [0.25, 0.3) is 0 Å². The molecule has 0 bridgehead atoms. The second-order valence-electron chi connectivity index (χ2n) is 5.28. The topological polar surface area (TPSA) is 15.3 Å². The highest BCUT2D eigenvalue weighted by Crippen LogP contribution is 2.31. The zero-order chi connectivity index (χ0) is 9.97. The van der Waals surface area contributed by atoms with Gasteiger partial charge in [-0.1, -0.05) is 6.92 Å². The molecule has 2 rings (SSSR count). The fourth-order valence-electron chi connectivity index (χ4n) is 3.16. The van der Waals surface area contributed by atoms with E-state index in [2.05, 4.69) is 24.2 Å². The van der Waals surface area contributed by atoms with Gasteiger partial charge in [-0.15, -0.1) is 0 Å². The molecule has 0 aromatic carbocycles. The summed E-state index contributed by atoms with van der Waals surface area (Å²) in [5.74, 6) is 1.89. The normalized spacial score (nSPS) is 39.4. The smallest absolute Gasteiger partial charge is 0.00980 e. The van der Waals surface area contributed by atoms with E-state index < -0.39 is 0 Å². The molecule has 14 heavy (non-hydrogen) atoms. The van der Waals surface area contributed by atoms with Gasteiger partial charge >= 0.3 is 0 Å². The summed E-state index contributed by atoms with van der Waals surface area (Å²) in [7, 11) is 2.07. The van der Waals surface area contributed by atoms with Crippen molar-refractivity contribution in [1.29, 1.82) is 0 Å². The van der Waals surface area contributed by atoms with Gasteiger partial charge in [0.15, 0.2) is 0 Å². The number of hydrogen-bond acceptors (Lipinski definition) is 2. The largest absolute Gasteiger partial charge is 0.319 e. The minimum absolute atomic E-state index is 0.913. The molecule has 2 aliphatic rings. The third-order valence-corrected chi connectivity index (χ3v) is 3.99. The summed E-state index contributed by atoms with van der Waals surface area (Å²) in [6.45, 7) is 6.31. The van der Waals surface area contributed by atoms with Crippen molar-refractivity contribution >= 4 is 0 Å². The van der Waals surface area contributed by atoms with Crippen molar-refractivity contribution in [1.82, 2.24) is 10.2 Å². The molecule has 82 valence electrons.